The van der Waals surface area contributed by atoms with Crippen molar-refractivity contribution in [2.45, 2.75) is 13.8 Å². The van der Waals surface area contributed by atoms with Crippen molar-refractivity contribution in [3.8, 4) is 22.6 Å². The van der Waals surface area contributed by atoms with Crippen molar-refractivity contribution in [2.24, 2.45) is 0 Å². The zero-order valence-corrected chi connectivity index (χ0v) is 12.2. The highest BCUT2D eigenvalue weighted by molar-refractivity contribution is 5.84. The van der Waals surface area contributed by atoms with Crippen molar-refractivity contribution in [3.05, 3.63) is 53.6 Å². The molecule has 0 radical (unpaired) electrons. The highest BCUT2D eigenvalue weighted by atomic mass is 16.3. The first-order chi connectivity index (χ1) is 10.1. The van der Waals surface area contributed by atoms with Crippen LogP contribution in [0.3, 0.4) is 0 Å². The third-order valence-corrected chi connectivity index (χ3v) is 3.19. The van der Waals surface area contributed by atoms with Gasteiger partial charge in [0.25, 0.3) is 0 Å². The Kier molecular flexibility index (Phi) is 4.33. The van der Waals surface area contributed by atoms with Crippen molar-refractivity contribution in [3.63, 3.8) is 0 Å². The Labute approximate surface area is 124 Å². The van der Waals surface area contributed by atoms with Crippen LogP contribution >= 0.6 is 0 Å². The van der Waals surface area contributed by atoms with Crippen LogP contribution in [0, 0.1) is 0 Å². The van der Waals surface area contributed by atoms with E-state index in [1.54, 1.807) is 18.2 Å². The topological polar surface area (TPSA) is 66.5 Å². The van der Waals surface area contributed by atoms with E-state index in [4.69, 9.17) is 5.73 Å². The summed E-state index contributed by atoms with van der Waals surface area (Å²) in [7, 11) is 0. The monoisotopic (exact) mass is 281 g/mol. The van der Waals surface area contributed by atoms with Gasteiger partial charge in [-0.1, -0.05) is 30.4 Å². The van der Waals surface area contributed by atoms with Gasteiger partial charge in [0.15, 0.2) is 0 Å². The summed E-state index contributed by atoms with van der Waals surface area (Å²) in [4.78, 5) is 0. The maximum atomic E-state index is 10.2. The van der Waals surface area contributed by atoms with Crippen molar-refractivity contribution < 1.29 is 10.2 Å². The summed E-state index contributed by atoms with van der Waals surface area (Å²) in [6.07, 6.45) is 7.64. The van der Waals surface area contributed by atoms with Crippen LogP contribution in [0.5, 0.6) is 11.5 Å². The lowest BCUT2D eigenvalue weighted by Crippen LogP contribution is -1.91. The second kappa shape index (κ2) is 6.18. The van der Waals surface area contributed by atoms with E-state index in [-0.39, 0.29) is 17.2 Å². The van der Waals surface area contributed by atoms with Gasteiger partial charge in [-0.05, 0) is 49.2 Å². The van der Waals surface area contributed by atoms with Crippen LogP contribution in [0.2, 0.25) is 0 Å². The standard InChI is InChI=1S/C18H19NO2/c1-3-5-12-7-8-17(20)14(9-12)15-10-13(6-4-2)11-16(19)18(15)21/h3-11,20-21H,19H2,1-2H3. The fourth-order valence-electron chi connectivity index (χ4n) is 2.24. The fourth-order valence-corrected chi connectivity index (χ4v) is 2.24. The molecule has 108 valence electrons. The van der Waals surface area contributed by atoms with Gasteiger partial charge in [-0.3, -0.25) is 0 Å². The number of anilines is 1. The number of aromatic hydroxyl groups is 2. The molecular weight excluding hydrogens is 262 g/mol. The van der Waals surface area contributed by atoms with Gasteiger partial charge in [-0.25, -0.2) is 0 Å². The number of nitrogen functional groups attached to an aromatic ring is 1. The van der Waals surface area contributed by atoms with E-state index in [9.17, 15) is 10.2 Å². The van der Waals surface area contributed by atoms with Crippen molar-refractivity contribution in [1.82, 2.24) is 0 Å². The summed E-state index contributed by atoms with van der Waals surface area (Å²) in [6, 6.07) is 8.76. The van der Waals surface area contributed by atoms with E-state index in [2.05, 4.69) is 0 Å². The highest BCUT2D eigenvalue weighted by Crippen LogP contribution is 2.40. The quantitative estimate of drug-likeness (QED) is 0.576. The summed E-state index contributed by atoms with van der Waals surface area (Å²) in [5, 5.41) is 20.3. The number of hydrogen-bond donors (Lipinski definition) is 3. The third kappa shape index (κ3) is 3.08. The molecule has 0 aliphatic rings. The Morgan fingerprint density at radius 1 is 0.857 bits per heavy atom. The van der Waals surface area contributed by atoms with E-state index in [0.29, 0.717) is 11.1 Å². The number of phenols is 2. The molecule has 0 aliphatic heterocycles. The van der Waals surface area contributed by atoms with Crippen LogP contribution < -0.4 is 5.73 Å². The minimum atomic E-state index is -0.0174. The summed E-state index contributed by atoms with van der Waals surface area (Å²) < 4.78 is 0. The van der Waals surface area contributed by atoms with Crippen LogP contribution in [-0.2, 0) is 0 Å². The molecule has 4 N–H and O–H groups in total. The Morgan fingerprint density at radius 2 is 1.48 bits per heavy atom. The van der Waals surface area contributed by atoms with Gasteiger partial charge < -0.3 is 15.9 Å². The first kappa shape index (κ1) is 14.7. The maximum Gasteiger partial charge on any atom is 0.146 e. The number of rotatable bonds is 3. The predicted molar refractivity (Wildman–Crippen MR) is 89.0 cm³/mol. The lowest BCUT2D eigenvalue weighted by Gasteiger charge is -2.11. The number of allylic oxidation sites excluding steroid dienone is 2. The molecule has 3 nitrogen and oxygen atoms in total. The molecular formula is C18H19NO2. The number of hydrogen-bond acceptors (Lipinski definition) is 3. The van der Waals surface area contributed by atoms with Crippen LogP contribution in [0.15, 0.2) is 42.5 Å². The molecule has 0 atom stereocenters. The van der Waals surface area contributed by atoms with Crippen molar-refractivity contribution in [1.29, 1.82) is 0 Å². The van der Waals surface area contributed by atoms with Crippen LogP contribution in [-0.4, -0.2) is 10.2 Å². The molecule has 3 heteroatoms. The van der Waals surface area contributed by atoms with E-state index in [1.807, 2.05) is 50.3 Å². The average molecular weight is 281 g/mol. The van der Waals surface area contributed by atoms with Crippen molar-refractivity contribution in [2.75, 3.05) is 5.73 Å². The molecule has 0 aliphatic carbocycles. The van der Waals surface area contributed by atoms with Crippen molar-refractivity contribution >= 4 is 17.8 Å². The van der Waals surface area contributed by atoms with E-state index < -0.39 is 0 Å². The normalized spacial score (nSPS) is 11.5. The SMILES string of the molecule is CC=Cc1ccc(O)c(-c2cc(C=CC)cc(N)c2O)c1. The molecule has 2 rings (SSSR count). The summed E-state index contributed by atoms with van der Waals surface area (Å²) in [5.74, 6) is 0.0896. The Bertz CT molecular complexity index is 715. The maximum absolute atomic E-state index is 10.2. The van der Waals surface area contributed by atoms with Gasteiger partial charge in [0.05, 0.1) is 5.69 Å². The molecule has 0 amide bonds. The Morgan fingerprint density at radius 3 is 2.14 bits per heavy atom. The first-order valence-corrected chi connectivity index (χ1v) is 6.78. The molecule has 21 heavy (non-hydrogen) atoms. The highest BCUT2D eigenvalue weighted by Gasteiger charge is 2.13. The zero-order valence-electron chi connectivity index (χ0n) is 12.2. The van der Waals surface area contributed by atoms with Crippen LogP contribution in [0.4, 0.5) is 5.69 Å². The van der Waals surface area contributed by atoms with Gasteiger partial charge in [-0.2, -0.15) is 0 Å². The van der Waals surface area contributed by atoms with Gasteiger partial charge in [0, 0.05) is 11.1 Å². The average Bonchev–Trinajstić information content (AvgIpc) is 2.45. The zero-order chi connectivity index (χ0) is 15.4. The number of phenolic OH excluding ortho intramolecular Hbond substituents is 2. The molecule has 2 aromatic carbocycles. The molecule has 0 spiro atoms. The molecule has 0 heterocycles. The number of nitrogens with two attached hydrogens (primary N) is 1. The summed E-state index contributed by atoms with van der Waals surface area (Å²) in [6.45, 7) is 3.83. The number of benzene rings is 2. The summed E-state index contributed by atoms with van der Waals surface area (Å²) in [5.41, 5.74) is 9.04. The molecule has 0 saturated carbocycles. The van der Waals surface area contributed by atoms with Crippen LogP contribution in [0.25, 0.3) is 23.3 Å². The fraction of sp³-hybridized carbons (Fsp3) is 0.111. The Hall–Kier alpha value is -2.68. The third-order valence-electron chi connectivity index (χ3n) is 3.19. The lowest BCUT2D eigenvalue weighted by atomic mass is 9.97. The van der Waals surface area contributed by atoms with E-state index >= 15 is 0 Å². The van der Waals surface area contributed by atoms with Gasteiger partial charge in [0.1, 0.15) is 11.5 Å². The van der Waals surface area contributed by atoms with Gasteiger partial charge in [0.2, 0.25) is 0 Å². The Balaban J connectivity index is 2.68. The minimum Gasteiger partial charge on any atom is -0.507 e. The molecule has 0 unspecified atom stereocenters. The lowest BCUT2D eigenvalue weighted by molar-refractivity contribution is 0.470. The first-order valence-electron chi connectivity index (χ1n) is 6.78. The molecule has 0 bridgehead atoms. The molecule has 0 fully saturated rings. The van der Waals surface area contributed by atoms with Gasteiger partial charge >= 0.3 is 0 Å². The van der Waals surface area contributed by atoms with Crippen LogP contribution in [0.1, 0.15) is 25.0 Å². The summed E-state index contributed by atoms with van der Waals surface area (Å²) >= 11 is 0. The largest absolute Gasteiger partial charge is 0.507 e. The van der Waals surface area contributed by atoms with E-state index in [0.717, 1.165) is 11.1 Å². The molecule has 0 saturated heterocycles. The predicted octanol–water partition coefficient (Wildman–Crippen LogP) is 4.41. The minimum absolute atomic E-state index is 0.0174. The van der Waals surface area contributed by atoms with E-state index in [1.165, 1.54) is 0 Å². The second-order valence-corrected chi connectivity index (χ2v) is 4.78. The second-order valence-electron chi connectivity index (χ2n) is 4.78. The smallest absolute Gasteiger partial charge is 0.146 e. The van der Waals surface area contributed by atoms with Gasteiger partial charge in [-0.15, -0.1) is 0 Å². The molecule has 0 aromatic heterocycles. The molecule has 2 aromatic rings.